The molecule has 4 aromatic rings. The number of hydrogen-bond acceptors (Lipinski definition) is 6. The van der Waals surface area contributed by atoms with Gasteiger partial charge in [-0.25, -0.2) is 17.7 Å². The van der Waals surface area contributed by atoms with Gasteiger partial charge in [0.2, 0.25) is 4.96 Å². The third-order valence-corrected chi connectivity index (χ3v) is 6.96. The highest BCUT2D eigenvalue weighted by molar-refractivity contribution is 7.94. The first-order chi connectivity index (χ1) is 11.5. The highest BCUT2D eigenvalue weighted by Crippen LogP contribution is 2.27. The Bertz CT molecular complexity index is 1090. The van der Waals surface area contributed by atoms with Crippen LogP contribution in [0, 0.1) is 6.92 Å². The first-order valence-corrected chi connectivity index (χ1v) is 10.2. The van der Waals surface area contributed by atoms with Crippen molar-refractivity contribution in [1.82, 2.24) is 14.6 Å². The number of benzene rings is 1. The van der Waals surface area contributed by atoms with Crippen molar-refractivity contribution in [2.45, 2.75) is 11.1 Å². The summed E-state index contributed by atoms with van der Waals surface area (Å²) in [4.78, 5) is 4.89. The van der Waals surface area contributed by atoms with Crippen LogP contribution in [0.2, 0.25) is 0 Å². The summed E-state index contributed by atoms with van der Waals surface area (Å²) in [5.74, 6) is 0.0728. The van der Waals surface area contributed by atoms with E-state index in [4.69, 9.17) is 0 Å². The number of thiophene rings is 1. The average Bonchev–Trinajstić information content (AvgIpc) is 3.24. The van der Waals surface area contributed by atoms with Crippen molar-refractivity contribution < 1.29 is 8.42 Å². The number of aromatic nitrogens is 3. The fourth-order valence-electron chi connectivity index (χ4n) is 2.23. The highest BCUT2D eigenvalue weighted by atomic mass is 32.2. The Kier molecular flexibility index (Phi) is 3.63. The molecular formula is C15H12N4O2S3. The van der Waals surface area contributed by atoms with Gasteiger partial charge in [0.1, 0.15) is 4.21 Å². The van der Waals surface area contributed by atoms with Crippen molar-refractivity contribution in [1.29, 1.82) is 0 Å². The number of rotatable bonds is 4. The van der Waals surface area contributed by atoms with Crippen molar-refractivity contribution in [3.63, 3.8) is 0 Å². The molecule has 0 atom stereocenters. The van der Waals surface area contributed by atoms with Crippen molar-refractivity contribution in [2.24, 2.45) is 0 Å². The smallest absolute Gasteiger partial charge is 0.245 e. The molecule has 3 aromatic heterocycles. The van der Waals surface area contributed by atoms with E-state index in [-0.39, 0.29) is 10.2 Å². The lowest BCUT2D eigenvalue weighted by molar-refractivity contribution is 0.602. The molecule has 122 valence electrons. The van der Waals surface area contributed by atoms with E-state index < -0.39 is 10.0 Å². The van der Waals surface area contributed by atoms with Gasteiger partial charge in [-0.2, -0.15) is 4.98 Å². The first kappa shape index (κ1) is 15.3. The number of fused-ring (bicyclic) bond motifs is 1. The van der Waals surface area contributed by atoms with Gasteiger partial charge in [-0.1, -0.05) is 35.9 Å². The molecule has 0 aliphatic heterocycles. The molecule has 4 rings (SSSR count). The molecule has 0 radical (unpaired) electrons. The minimum absolute atomic E-state index is 0.0728. The zero-order chi connectivity index (χ0) is 16.7. The van der Waals surface area contributed by atoms with Crippen LogP contribution in [-0.4, -0.2) is 23.0 Å². The molecule has 0 aliphatic rings. The van der Waals surface area contributed by atoms with Crippen LogP contribution in [0.1, 0.15) is 5.56 Å². The van der Waals surface area contributed by atoms with E-state index in [1.807, 2.05) is 36.6 Å². The number of sulfonamides is 1. The van der Waals surface area contributed by atoms with Gasteiger partial charge in [0, 0.05) is 10.9 Å². The maximum atomic E-state index is 12.3. The van der Waals surface area contributed by atoms with E-state index in [1.54, 1.807) is 22.0 Å². The Hall–Kier alpha value is -2.23. The van der Waals surface area contributed by atoms with Gasteiger partial charge in [-0.3, -0.25) is 0 Å². The van der Waals surface area contributed by atoms with Crippen LogP contribution in [0.4, 0.5) is 5.95 Å². The first-order valence-electron chi connectivity index (χ1n) is 7.00. The molecule has 0 spiro atoms. The monoisotopic (exact) mass is 376 g/mol. The number of anilines is 1. The SMILES string of the molecule is Cc1ccc(-c2csc3nc(NS(=O)(=O)c4cccs4)nn23)cc1. The highest BCUT2D eigenvalue weighted by Gasteiger charge is 2.19. The van der Waals surface area contributed by atoms with E-state index in [2.05, 4.69) is 14.8 Å². The molecule has 9 heteroatoms. The zero-order valence-corrected chi connectivity index (χ0v) is 15.0. The summed E-state index contributed by atoms with van der Waals surface area (Å²) in [6, 6.07) is 11.3. The molecule has 0 amide bonds. The number of hydrogen-bond donors (Lipinski definition) is 1. The van der Waals surface area contributed by atoms with E-state index in [0.717, 1.165) is 22.6 Å². The van der Waals surface area contributed by atoms with E-state index >= 15 is 0 Å². The Morgan fingerprint density at radius 3 is 2.62 bits per heavy atom. The molecule has 3 heterocycles. The van der Waals surface area contributed by atoms with Crippen LogP contribution in [0.5, 0.6) is 0 Å². The average molecular weight is 376 g/mol. The second-order valence-electron chi connectivity index (χ2n) is 5.15. The molecule has 24 heavy (non-hydrogen) atoms. The van der Waals surface area contributed by atoms with Crippen LogP contribution in [0.25, 0.3) is 16.2 Å². The Morgan fingerprint density at radius 1 is 1.12 bits per heavy atom. The van der Waals surface area contributed by atoms with E-state index in [0.29, 0.717) is 4.96 Å². The molecule has 0 fully saturated rings. The van der Waals surface area contributed by atoms with Gasteiger partial charge in [0.25, 0.3) is 16.0 Å². The van der Waals surface area contributed by atoms with Gasteiger partial charge in [0.05, 0.1) is 5.69 Å². The van der Waals surface area contributed by atoms with Crippen LogP contribution >= 0.6 is 22.7 Å². The maximum absolute atomic E-state index is 12.3. The molecule has 0 saturated carbocycles. The van der Waals surface area contributed by atoms with Crippen molar-refractivity contribution in [3.05, 3.63) is 52.7 Å². The standard InChI is InChI=1S/C15H12N4O2S3/c1-10-4-6-11(7-5-10)12-9-23-15-16-14(17-19(12)15)18-24(20,21)13-3-2-8-22-13/h2-9H,1H3,(H,17,18). The van der Waals surface area contributed by atoms with Crippen LogP contribution in [-0.2, 0) is 10.0 Å². The number of nitrogens with one attached hydrogen (secondary N) is 1. The summed E-state index contributed by atoms with van der Waals surface area (Å²) < 4.78 is 28.9. The predicted molar refractivity (Wildman–Crippen MR) is 96.2 cm³/mol. The summed E-state index contributed by atoms with van der Waals surface area (Å²) in [6.07, 6.45) is 0. The van der Waals surface area contributed by atoms with Crippen molar-refractivity contribution in [2.75, 3.05) is 4.72 Å². The lowest BCUT2D eigenvalue weighted by atomic mass is 10.1. The van der Waals surface area contributed by atoms with E-state index in [1.165, 1.54) is 16.9 Å². The minimum Gasteiger partial charge on any atom is -0.245 e. The summed E-state index contributed by atoms with van der Waals surface area (Å²) in [6.45, 7) is 2.03. The molecular weight excluding hydrogens is 364 g/mol. The Balaban J connectivity index is 1.71. The summed E-state index contributed by atoms with van der Waals surface area (Å²) in [5, 5.41) is 7.96. The Labute approximate surface area is 146 Å². The maximum Gasteiger partial charge on any atom is 0.273 e. The molecule has 0 saturated heterocycles. The normalized spacial score (nSPS) is 11.9. The second-order valence-corrected chi connectivity index (χ2v) is 8.85. The van der Waals surface area contributed by atoms with Crippen molar-refractivity contribution >= 4 is 43.6 Å². The fourth-order valence-corrected chi connectivity index (χ4v) is 5.00. The molecule has 0 unspecified atom stereocenters. The minimum atomic E-state index is -3.64. The lowest BCUT2D eigenvalue weighted by Gasteiger charge is -2.01. The fraction of sp³-hybridized carbons (Fsp3) is 0.0667. The van der Waals surface area contributed by atoms with Gasteiger partial charge >= 0.3 is 0 Å². The largest absolute Gasteiger partial charge is 0.273 e. The van der Waals surface area contributed by atoms with Gasteiger partial charge in [-0.15, -0.1) is 27.8 Å². The molecule has 1 aromatic carbocycles. The van der Waals surface area contributed by atoms with Crippen LogP contribution in [0.15, 0.2) is 51.4 Å². The molecule has 0 bridgehead atoms. The number of nitrogens with zero attached hydrogens (tertiary/aromatic N) is 3. The number of aryl methyl sites for hydroxylation is 1. The third kappa shape index (κ3) is 2.70. The van der Waals surface area contributed by atoms with Crippen molar-refractivity contribution in [3.8, 4) is 11.3 Å². The number of thiazole rings is 1. The summed E-state index contributed by atoms with van der Waals surface area (Å²) >= 11 is 2.56. The second kappa shape index (κ2) is 5.69. The predicted octanol–water partition coefficient (Wildman–Crippen LogP) is 3.63. The van der Waals surface area contributed by atoms with Gasteiger partial charge in [-0.05, 0) is 18.4 Å². The molecule has 6 nitrogen and oxygen atoms in total. The quantitative estimate of drug-likeness (QED) is 0.590. The summed E-state index contributed by atoms with van der Waals surface area (Å²) in [7, 11) is -3.64. The summed E-state index contributed by atoms with van der Waals surface area (Å²) in [5.41, 5.74) is 3.06. The van der Waals surface area contributed by atoms with Crippen LogP contribution in [0.3, 0.4) is 0 Å². The Morgan fingerprint density at radius 2 is 1.92 bits per heavy atom. The van der Waals surface area contributed by atoms with Gasteiger partial charge < -0.3 is 0 Å². The van der Waals surface area contributed by atoms with Crippen LogP contribution < -0.4 is 4.72 Å². The molecule has 0 aliphatic carbocycles. The van der Waals surface area contributed by atoms with Gasteiger partial charge in [0.15, 0.2) is 0 Å². The zero-order valence-electron chi connectivity index (χ0n) is 12.5. The van der Waals surface area contributed by atoms with E-state index in [9.17, 15) is 8.42 Å². The topological polar surface area (TPSA) is 76.4 Å². The third-order valence-electron chi connectivity index (χ3n) is 3.41. The molecule has 1 N–H and O–H groups in total. The lowest BCUT2D eigenvalue weighted by Crippen LogP contribution is -2.12.